The van der Waals surface area contributed by atoms with Crippen LogP contribution in [0, 0.1) is 22.7 Å². The Hall–Kier alpha value is -2.35. The molecule has 22 heavy (non-hydrogen) atoms. The van der Waals surface area contributed by atoms with Crippen LogP contribution in [0.5, 0.6) is 0 Å². The highest BCUT2D eigenvalue weighted by Crippen LogP contribution is 2.36. The van der Waals surface area contributed by atoms with Crippen molar-refractivity contribution in [1.29, 1.82) is 10.5 Å². The van der Waals surface area contributed by atoms with Crippen LogP contribution in [0.25, 0.3) is 0 Å². The summed E-state index contributed by atoms with van der Waals surface area (Å²) in [4.78, 5) is 18.4. The normalized spacial score (nSPS) is 17.3. The summed E-state index contributed by atoms with van der Waals surface area (Å²) in [6, 6.07) is 9.23. The summed E-state index contributed by atoms with van der Waals surface area (Å²) in [7, 11) is 0. The molecule has 1 unspecified atom stereocenters. The van der Waals surface area contributed by atoms with Crippen LogP contribution in [0.4, 0.5) is 5.00 Å². The van der Waals surface area contributed by atoms with Crippen molar-refractivity contribution in [2.75, 3.05) is 11.4 Å². The highest BCUT2D eigenvalue weighted by molar-refractivity contribution is 8.00. The average molecular weight is 326 g/mol. The van der Waals surface area contributed by atoms with E-state index in [1.54, 1.807) is 29.3 Å². The largest absolute Gasteiger partial charge is 0.302 e. The molecule has 1 aliphatic rings. The number of carbonyl (C=O) groups excluding carboxylic acids is 1. The monoisotopic (exact) mass is 326 g/mol. The second-order valence-corrected chi connectivity index (χ2v) is 6.75. The summed E-state index contributed by atoms with van der Waals surface area (Å²) in [6.45, 7) is 0.601. The van der Waals surface area contributed by atoms with Gasteiger partial charge in [0.05, 0.1) is 27.5 Å². The molecule has 1 aliphatic heterocycles. The average Bonchev–Trinajstić information content (AvgIpc) is 3.14. The molecule has 1 fully saturated rings. The Bertz CT molecular complexity index is 802. The van der Waals surface area contributed by atoms with E-state index < -0.39 is 0 Å². The first-order valence-corrected chi connectivity index (χ1v) is 8.30. The topological polar surface area (TPSA) is 80.8 Å². The summed E-state index contributed by atoms with van der Waals surface area (Å²) in [6.07, 6.45) is 2.27. The molecule has 1 atom stereocenters. The number of aromatic nitrogens is 1. The SMILES string of the molecule is N#Cc1ccnc(SC2CCN(c3sccc3C#N)C2=O)c1. The molecule has 3 heterocycles. The minimum atomic E-state index is -0.227. The molecule has 2 aromatic heterocycles. The van der Waals surface area contributed by atoms with Gasteiger partial charge in [-0.1, -0.05) is 11.8 Å². The van der Waals surface area contributed by atoms with Gasteiger partial charge >= 0.3 is 0 Å². The van der Waals surface area contributed by atoms with E-state index in [9.17, 15) is 4.79 Å². The second-order valence-electron chi connectivity index (χ2n) is 4.63. The van der Waals surface area contributed by atoms with Gasteiger partial charge < -0.3 is 4.90 Å². The zero-order valence-corrected chi connectivity index (χ0v) is 13.0. The summed E-state index contributed by atoms with van der Waals surface area (Å²) in [5.74, 6) is -0.00638. The first-order chi connectivity index (χ1) is 10.7. The number of hydrogen-bond acceptors (Lipinski definition) is 6. The van der Waals surface area contributed by atoms with Gasteiger partial charge in [0, 0.05) is 12.7 Å². The smallest absolute Gasteiger partial charge is 0.241 e. The maximum Gasteiger partial charge on any atom is 0.241 e. The zero-order chi connectivity index (χ0) is 15.5. The van der Waals surface area contributed by atoms with E-state index in [0.717, 1.165) is 0 Å². The Kier molecular flexibility index (Phi) is 4.10. The fourth-order valence-electron chi connectivity index (χ4n) is 2.25. The van der Waals surface area contributed by atoms with Crippen molar-refractivity contribution < 1.29 is 4.79 Å². The lowest BCUT2D eigenvalue weighted by Gasteiger charge is -2.14. The number of carbonyl (C=O) groups is 1. The molecule has 7 heteroatoms. The predicted molar refractivity (Wildman–Crippen MR) is 84.6 cm³/mol. The third kappa shape index (κ3) is 2.69. The Morgan fingerprint density at radius 3 is 3.00 bits per heavy atom. The van der Waals surface area contributed by atoms with Crippen LogP contribution in [0.1, 0.15) is 17.5 Å². The van der Waals surface area contributed by atoms with E-state index in [2.05, 4.69) is 17.1 Å². The molecule has 0 radical (unpaired) electrons. The quantitative estimate of drug-likeness (QED) is 0.866. The van der Waals surface area contributed by atoms with Gasteiger partial charge in [-0.05, 0) is 30.0 Å². The second kappa shape index (κ2) is 6.18. The number of pyridine rings is 1. The van der Waals surface area contributed by atoms with Crippen molar-refractivity contribution in [1.82, 2.24) is 4.98 Å². The summed E-state index contributed by atoms with van der Waals surface area (Å²) in [5.41, 5.74) is 1.07. The molecule has 108 valence electrons. The minimum Gasteiger partial charge on any atom is -0.302 e. The van der Waals surface area contributed by atoms with Gasteiger partial charge in [0.1, 0.15) is 11.1 Å². The van der Waals surface area contributed by atoms with Gasteiger partial charge in [-0.2, -0.15) is 10.5 Å². The van der Waals surface area contributed by atoms with E-state index in [1.165, 1.54) is 23.1 Å². The summed E-state index contributed by atoms with van der Waals surface area (Å²) in [5, 5.41) is 21.0. The number of nitrogens with zero attached hydrogens (tertiary/aromatic N) is 4. The van der Waals surface area contributed by atoms with Crippen LogP contribution < -0.4 is 4.90 Å². The van der Waals surface area contributed by atoms with Gasteiger partial charge in [-0.15, -0.1) is 11.3 Å². The molecule has 2 aromatic rings. The van der Waals surface area contributed by atoms with Crippen molar-refractivity contribution in [3.05, 3.63) is 40.9 Å². The molecule has 0 aliphatic carbocycles. The number of nitriles is 2. The van der Waals surface area contributed by atoms with Crippen molar-refractivity contribution in [3.63, 3.8) is 0 Å². The third-order valence-electron chi connectivity index (χ3n) is 3.29. The van der Waals surface area contributed by atoms with E-state index in [0.29, 0.717) is 34.1 Å². The highest BCUT2D eigenvalue weighted by Gasteiger charge is 2.35. The lowest BCUT2D eigenvalue weighted by Crippen LogP contribution is -2.27. The van der Waals surface area contributed by atoms with Crippen LogP contribution in [-0.4, -0.2) is 22.7 Å². The number of rotatable bonds is 3. The summed E-state index contributed by atoms with van der Waals surface area (Å²) >= 11 is 2.78. The van der Waals surface area contributed by atoms with E-state index in [4.69, 9.17) is 10.5 Å². The number of hydrogen-bond donors (Lipinski definition) is 0. The molecule has 1 saturated heterocycles. The van der Waals surface area contributed by atoms with E-state index in [-0.39, 0.29) is 11.2 Å². The predicted octanol–water partition coefficient (Wildman–Crippen LogP) is 2.78. The van der Waals surface area contributed by atoms with Crippen molar-refractivity contribution in [3.8, 4) is 12.1 Å². The van der Waals surface area contributed by atoms with E-state index >= 15 is 0 Å². The highest BCUT2D eigenvalue weighted by atomic mass is 32.2. The fourth-order valence-corrected chi connectivity index (χ4v) is 4.19. The molecule has 3 rings (SSSR count). The molecule has 1 amide bonds. The maximum atomic E-state index is 12.5. The standard InChI is InChI=1S/C15H10N4OS2/c16-8-10-1-4-18-13(7-10)22-12-2-5-19(14(12)20)15-11(9-17)3-6-21-15/h1,3-4,6-7,12H,2,5H2. The molecule has 0 spiro atoms. The van der Waals surface area contributed by atoms with Crippen molar-refractivity contribution in [2.24, 2.45) is 0 Å². The third-order valence-corrected chi connectivity index (χ3v) is 5.42. The fraction of sp³-hybridized carbons (Fsp3) is 0.200. The first kappa shape index (κ1) is 14.6. The lowest BCUT2D eigenvalue weighted by molar-refractivity contribution is -0.116. The number of anilines is 1. The van der Waals surface area contributed by atoms with Crippen LogP contribution in [0.2, 0.25) is 0 Å². The Morgan fingerprint density at radius 2 is 2.23 bits per heavy atom. The number of thiophene rings is 1. The molecular weight excluding hydrogens is 316 g/mol. The summed E-state index contributed by atoms with van der Waals surface area (Å²) < 4.78 is 0. The van der Waals surface area contributed by atoms with Crippen LogP contribution >= 0.6 is 23.1 Å². The number of thioether (sulfide) groups is 1. The van der Waals surface area contributed by atoms with Gasteiger partial charge in [0.2, 0.25) is 5.91 Å². The van der Waals surface area contributed by atoms with Crippen LogP contribution in [0.15, 0.2) is 34.8 Å². The lowest BCUT2D eigenvalue weighted by atomic mass is 10.3. The molecule has 0 N–H and O–H groups in total. The minimum absolute atomic E-state index is 0.00638. The zero-order valence-electron chi connectivity index (χ0n) is 11.4. The molecular formula is C15H10N4OS2. The Labute approximate surface area is 135 Å². The van der Waals surface area contributed by atoms with Gasteiger partial charge in [0.15, 0.2) is 0 Å². The van der Waals surface area contributed by atoms with Crippen molar-refractivity contribution in [2.45, 2.75) is 16.7 Å². The van der Waals surface area contributed by atoms with Gasteiger partial charge in [-0.25, -0.2) is 4.98 Å². The van der Waals surface area contributed by atoms with E-state index in [1.807, 2.05) is 5.38 Å². The Balaban J connectivity index is 1.77. The molecule has 0 aromatic carbocycles. The maximum absolute atomic E-state index is 12.5. The molecule has 0 saturated carbocycles. The van der Waals surface area contributed by atoms with Gasteiger partial charge in [0.25, 0.3) is 0 Å². The molecule has 5 nitrogen and oxygen atoms in total. The van der Waals surface area contributed by atoms with Gasteiger partial charge in [-0.3, -0.25) is 4.79 Å². The first-order valence-electron chi connectivity index (χ1n) is 6.54. The molecule has 0 bridgehead atoms. The number of amides is 1. The van der Waals surface area contributed by atoms with Crippen LogP contribution in [0.3, 0.4) is 0 Å². The van der Waals surface area contributed by atoms with Crippen LogP contribution in [-0.2, 0) is 4.79 Å². The Morgan fingerprint density at radius 1 is 1.36 bits per heavy atom. The van der Waals surface area contributed by atoms with Crippen molar-refractivity contribution >= 4 is 34.0 Å².